The van der Waals surface area contributed by atoms with Gasteiger partial charge in [-0.25, -0.2) is 0 Å². The maximum Gasteiger partial charge on any atom is 0.120 e. The Bertz CT molecular complexity index is 568. The number of benzene rings is 2. The molecule has 2 aromatic carbocycles. The molecule has 1 N–H and O–H groups in total. The zero-order chi connectivity index (χ0) is 13.8. The van der Waals surface area contributed by atoms with Gasteiger partial charge in [0.05, 0.1) is 6.10 Å². The maximum atomic E-state index is 9.52. The van der Waals surface area contributed by atoms with E-state index in [1.807, 2.05) is 30.3 Å². The fourth-order valence-electron chi connectivity index (χ4n) is 1.66. The number of rotatable bonds is 4. The topological polar surface area (TPSA) is 29.5 Å². The Morgan fingerprint density at radius 1 is 1.16 bits per heavy atom. The van der Waals surface area contributed by atoms with Crippen molar-refractivity contribution in [1.82, 2.24) is 0 Å². The number of aliphatic hydroxyl groups is 1. The van der Waals surface area contributed by atoms with Gasteiger partial charge in [-0.15, -0.1) is 0 Å². The minimum Gasteiger partial charge on any atom is -0.489 e. The zero-order valence-corrected chi connectivity index (χ0v) is 11.9. The van der Waals surface area contributed by atoms with E-state index >= 15 is 0 Å². The largest absolute Gasteiger partial charge is 0.489 e. The second-order valence-electron chi connectivity index (χ2n) is 4.27. The van der Waals surface area contributed by atoms with Gasteiger partial charge >= 0.3 is 0 Å². The SMILES string of the molecule is C[C@H](O)c1cccc(OCc2ccc(Cl)cc2Cl)c1. The number of hydrogen-bond donors (Lipinski definition) is 1. The molecule has 19 heavy (non-hydrogen) atoms. The summed E-state index contributed by atoms with van der Waals surface area (Å²) >= 11 is 11.9. The Hall–Kier alpha value is -1.22. The van der Waals surface area contributed by atoms with Gasteiger partial charge < -0.3 is 9.84 Å². The minimum atomic E-state index is -0.511. The average molecular weight is 297 g/mol. The quantitative estimate of drug-likeness (QED) is 0.891. The Kier molecular flexibility index (Phi) is 4.70. The summed E-state index contributed by atoms with van der Waals surface area (Å²) in [5.41, 5.74) is 1.69. The zero-order valence-electron chi connectivity index (χ0n) is 10.4. The van der Waals surface area contributed by atoms with Gasteiger partial charge in [-0.3, -0.25) is 0 Å². The fraction of sp³-hybridized carbons (Fsp3) is 0.200. The number of hydrogen-bond acceptors (Lipinski definition) is 2. The van der Waals surface area contributed by atoms with Crippen molar-refractivity contribution in [3.8, 4) is 5.75 Å². The molecule has 0 amide bonds. The van der Waals surface area contributed by atoms with Gasteiger partial charge in [0, 0.05) is 15.6 Å². The summed E-state index contributed by atoms with van der Waals surface area (Å²) < 4.78 is 5.66. The molecule has 0 fully saturated rings. The minimum absolute atomic E-state index is 0.360. The van der Waals surface area contributed by atoms with E-state index in [1.54, 1.807) is 19.1 Å². The third kappa shape index (κ3) is 3.87. The van der Waals surface area contributed by atoms with Crippen LogP contribution in [0.3, 0.4) is 0 Å². The molecule has 0 saturated carbocycles. The first-order valence-corrected chi connectivity index (χ1v) is 6.66. The first kappa shape index (κ1) is 14.2. The Morgan fingerprint density at radius 3 is 2.63 bits per heavy atom. The molecule has 0 aliphatic carbocycles. The lowest BCUT2D eigenvalue weighted by Crippen LogP contribution is -1.98. The Morgan fingerprint density at radius 2 is 1.95 bits per heavy atom. The predicted molar refractivity (Wildman–Crippen MR) is 77.9 cm³/mol. The highest BCUT2D eigenvalue weighted by Crippen LogP contribution is 2.24. The Labute approximate surface area is 122 Å². The average Bonchev–Trinajstić information content (AvgIpc) is 2.38. The first-order chi connectivity index (χ1) is 9.06. The molecule has 100 valence electrons. The molecule has 0 aromatic heterocycles. The van der Waals surface area contributed by atoms with Crippen LogP contribution in [0, 0.1) is 0 Å². The van der Waals surface area contributed by atoms with Crippen LogP contribution in [0.25, 0.3) is 0 Å². The Balaban J connectivity index is 2.08. The van der Waals surface area contributed by atoms with Crippen LogP contribution in [-0.4, -0.2) is 5.11 Å². The lowest BCUT2D eigenvalue weighted by molar-refractivity contribution is 0.198. The third-order valence-electron chi connectivity index (χ3n) is 2.75. The van der Waals surface area contributed by atoms with E-state index in [-0.39, 0.29) is 0 Å². The molecule has 2 nitrogen and oxygen atoms in total. The third-order valence-corrected chi connectivity index (χ3v) is 3.34. The van der Waals surface area contributed by atoms with E-state index in [0.717, 1.165) is 11.1 Å². The summed E-state index contributed by atoms with van der Waals surface area (Å²) in [6.45, 7) is 2.08. The molecular formula is C15H14Cl2O2. The summed E-state index contributed by atoms with van der Waals surface area (Å²) in [4.78, 5) is 0. The van der Waals surface area contributed by atoms with Crippen LogP contribution in [-0.2, 0) is 6.61 Å². The van der Waals surface area contributed by atoms with Crippen molar-refractivity contribution < 1.29 is 9.84 Å². The molecule has 2 aromatic rings. The molecule has 4 heteroatoms. The van der Waals surface area contributed by atoms with Gasteiger partial charge in [0.2, 0.25) is 0 Å². The van der Waals surface area contributed by atoms with Crippen LogP contribution in [0.2, 0.25) is 10.0 Å². The normalized spacial score (nSPS) is 12.2. The summed E-state index contributed by atoms with van der Waals surface area (Å²) in [7, 11) is 0. The highest BCUT2D eigenvalue weighted by Gasteiger charge is 2.05. The van der Waals surface area contributed by atoms with Gasteiger partial charge in [0.25, 0.3) is 0 Å². The van der Waals surface area contributed by atoms with Gasteiger partial charge in [-0.1, -0.05) is 41.4 Å². The van der Waals surface area contributed by atoms with Crippen LogP contribution in [0.15, 0.2) is 42.5 Å². The number of halogens is 2. The summed E-state index contributed by atoms with van der Waals surface area (Å²) in [6, 6.07) is 12.7. The van der Waals surface area contributed by atoms with Crippen LogP contribution in [0.4, 0.5) is 0 Å². The molecule has 0 bridgehead atoms. The lowest BCUT2D eigenvalue weighted by atomic mass is 10.1. The summed E-state index contributed by atoms with van der Waals surface area (Å²) in [5.74, 6) is 0.699. The van der Waals surface area contributed by atoms with Gasteiger partial charge in [0.15, 0.2) is 0 Å². The van der Waals surface area contributed by atoms with E-state index < -0.39 is 6.10 Å². The molecular weight excluding hydrogens is 283 g/mol. The van der Waals surface area contributed by atoms with Crippen molar-refractivity contribution in [2.24, 2.45) is 0 Å². The summed E-state index contributed by atoms with van der Waals surface area (Å²) in [5, 5.41) is 10.7. The molecule has 0 unspecified atom stereocenters. The second-order valence-corrected chi connectivity index (χ2v) is 5.12. The molecule has 1 atom stereocenters. The van der Waals surface area contributed by atoms with E-state index in [1.165, 1.54) is 0 Å². The van der Waals surface area contributed by atoms with Crippen molar-refractivity contribution in [3.05, 3.63) is 63.6 Å². The standard InChI is InChI=1S/C15H14Cl2O2/c1-10(18)11-3-2-4-14(7-11)19-9-12-5-6-13(16)8-15(12)17/h2-8,10,18H,9H2,1H3/t10-/m0/s1. The molecule has 0 spiro atoms. The van der Waals surface area contributed by atoms with E-state index in [9.17, 15) is 5.11 Å². The lowest BCUT2D eigenvalue weighted by Gasteiger charge is -2.10. The van der Waals surface area contributed by atoms with Crippen LogP contribution in [0.5, 0.6) is 5.75 Å². The van der Waals surface area contributed by atoms with Gasteiger partial charge in [-0.2, -0.15) is 0 Å². The second kappa shape index (κ2) is 6.29. The van der Waals surface area contributed by atoms with Crippen molar-refractivity contribution in [3.63, 3.8) is 0 Å². The van der Waals surface area contributed by atoms with Crippen LogP contribution < -0.4 is 4.74 Å². The van der Waals surface area contributed by atoms with Gasteiger partial charge in [0.1, 0.15) is 12.4 Å². The summed E-state index contributed by atoms with van der Waals surface area (Å²) in [6.07, 6.45) is -0.511. The maximum absolute atomic E-state index is 9.52. The van der Waals surface area contributed by atoms with Crippen molar-refractivity contribution in [2.75, 3.05) is 0 Å². The molecule has 0 aliphatic rings. The van der Waals surface area contributed by atoms with E-state index in [4.69, 9.17) is 27.9 Å². The number of aliphatic hydroxyl groups excluding tert-OH is 1. The van der Waals surface area contributed by atoms with Crippen molar-refractivity contribution in [1.29, 1.82) is 0 Å². The molecule has 0 aliphatic heterocycles. The highest BCUT2D eigenvalue weighted by atomic mass is 35.5. The van der Waals surface area contributed by atoms with E-state index in [0.29, 0.717) is 22.4 Å². The molecule has 0 heterocycles. The predicted octanol–water partition coefficient (Wildman–Crippen LogP) is 4.63. The molecule has 2 rings (SSSR count). The van der Waals surface area contributed by atoms with Crippen molar-refractivity contribution in [2.45, 2.75) is 19.6 Å². The van der Waals surface area contributed by atoms with E-state index in [2.05, 4.69) is 0 Å². The van der Waals surface area contributed by atoms with Crippen LogP contribution >= 0.6 is 23.2 Å². The molecule has 0 saturated heterocycles. The number of ether oxygens (including phenoxy) is 1. The fourth-order valence-corrected chi connectivity index (χ4v) is 2.13. The highest BCUT2D eigenvalue weighted by molar-refractivity contribution is 6.35. The first-order valence-electron chi connectivity index (χ1n) is 5.91. The monoisotopic (exact) mass is 296 g/mol. The smallest absolute Gasteiger partial charge is 0.120 e. The van der Waals surface area contributed by atoms with Gasteiger partial charge in [-0.05, 0) is 36.8 Å². The van der Waals surface area contributed by atoms with Crippen LogP contribution in [0.1, 0.15) is 24.2 Å². The van der Waals surface area contributed by atoms with Crippen molar-refractivity contribution >= 4 is 23.2 Å². The molecule has 0 radical (unpaired) electrons.